The van der Waals surface area contributed by atoms with Crippen molar-refractivity contribution in [2.75, 3.05) is 0 Å². The van der Waals surface area contributed by atoms with E-state index in [4.69, 9.17) is 0 Å². The van der Waals surface area contributed by atoms with E-state index in [1.165, 1.54) is 88.3 Å². The van der Waals surface area contributed by atoms with Gasteiger partial charge in [0.2, 0.25) is 0 Å². The average molecular weight is 319 g/mol. The van der Waals surface area contributed by atoms with Gasteiger partial charge < -0.3 is 0 Å². The first-order chi connectivity index (χ1) is 11.3. The fourth-order valence-electron chi connectivity index (χ4n) is 3.38. The summed E-state index contributed by atoms with van der Waals surface area (Å²) in [5.74, 6) is 0. The third-order valence-corrected chi connectivity index (χ3v) is 4.98. The number of pyridine rings is 1. The van der Waals surface area contributed by atoms with E-state index in [9.17, 15) is 0 Å². The fourth-order valence-corrected chi connectivity index (χ4v) is 3.38. The molecule has 23 heavy (non-hydrogen) atoms. The van der Waals surface area contributed by atoms with Gasteiger partial charge in [-0.3, -0.25) is 0 Å². The number of unbranched alkanes of at least 4 members (excludes halogenated alkanes) is 10. The summed E-state index contributed by atoms with van der Waals surface area (Å²) in [7, 11) is 0. The van der Waals surface area contributed by atoms with Gasteiger partial charge in [0, 0.05) is 18.1 Å². The standard InChI is InChI=1S/C22H40N/c1-4-7-8-9-10-11-12-13-14-15-16-18-23-19-17-21(5-2)22(6-3)20-23/h17,19-20H,4-16,18H2,1-3H3/q+1. The highest BCUT2D eigenvalue weighted by molar-refractivity contribution is 5.20. The number of aromatic nitrogens is 1. The lowest BCUT2D eigenvalue weighted by molar-refractivity contribution is -0.697. The molecule has 1 heterocycles. The Morgan fingerprint density at radius 3 is 1.70 bits per heavy atom. The molecule has 0 bridgehead atoms. The van der Waals surface area contributed by atoms with Crippen LogP contribution in [0, 0.1) is 0 Å². The van der Waals surface area contributed by atoms with Crippen molar-refractivity contribution in [3.63, 3.8) is 0 Å². The molecule has 1 rings (SSSR count). The molecule has 0 amide bonds. The van der Waals surface area contributed by atoms with Crippen LogP contribution in [0.1, 0.15) is 103 Å². The molecule has 0 fully saturated rings. The Labute approximate surface area is 145 Å². The molecule has 0 unspecified atom stereocenters. The molecular formula is C22H40N+. The van der Waals surface area contributed by atoms with Crippen LogP contribution in [-0.4, -0.2) is 0 Å². The SMILES string of the molecule is CCCCCCCCCCCCC[n+]1ccc(CC)c(CC)c1. The predicted molar refractivity (Wildman–Crippen MR) is 102 cm³/mol. The van der Waals surface area contributed by atoms with Crippen molar-refractivity contribution >= 4 is 0 Å². The highest BCUT2D eigenvalue weighted by atomic mass is 14.9. The molecule has 0 atom stereocenters. The molecular weight excluding hydrogens is 278 g/mol. The summed E-state index contributed by atoms with van der Waals surface area (Å²) in [5, 5.41) is 0. The first kappa shape index (κ1) is 20.2. The molecule has 132 valence electrons. The van der Waals surface area contributed by atoms with Gasteiger partial charge in [-0.05, 0) is 24.8 Å². The summed E-state index contributed by atoms with van der Waals surface area (Å²) in [4.78, 5) is 0. The Morgan fingerprint density at radius 2 is 1.17 bits per heavy atom. The number of hydrogen-bond acceptors (Lipinski definition) is 0. The van der Waals surface area contributed by atoms with Crippen LogP contribution in [0.5, 0.6) is 0 Å². The Hall–Kier alpha value is -0.850. The lowest BCUT2D eigenvalue weighted by Gasteiger charge is -2.05. The third-order valence-electron chi connectivity index (χ3n) is 4.98. The van der Waals surface area contributed by atoms with Crippen molar-refractivity contribution in [1.29, 1.82) is 0 Å². The highest BCUT2D eigenvalue weighted by Crippen LogP contribution is 2.11. The molecule has 0 aliphatic heterocycles. The summed E-state index contributed by atoms with van der Waals surface area (Å²) in [6.07, 6.45) is 22.6. The van der Waals surface area contributed by atoms with Crippen LogP contribution in [-0.2, 0) is 19.4 Å². The van der Waals surface area contributed by atoms with Gasteiger partial charge in [-0.15, -0.1) is 0 Å². The Kier molecular flexibility index (Phi) is 11.9. The fraction of sp³-hybridized carbons (Fsp3) is 0.773. The zero-order chi connectivity index (χ0) is 16.8. The minimum atomic E-state index is 1.16. The summed E-state index contributed by atoms with van der Waals surface area (Å²) in [5.41, 5.74) is 3.04. The van der Waals surface area contributed by atoms with Crippen LogP contribution in [0.4, 0.5) is 0 Å². The summed E-state index contributed by atoms with van der Waals surface area (Å²) >= 11 is 0. The Morgan fingerprint density at radius 1 is 0.652 bits per heavy atom. The summed E-state index contributed by atoms with van der Waals surface area (Å²) in [6.45, 7) is 8.00. The lowest BCUT2D eigenvalue weighted by Crippen LogP contribution is -2.33. The van der Waals surface area contributed by atoms with Crippen molar-refractivity contribution in [3.8, 4) is 0 Å². The molecule has 0 saturated heterocycles. The van der Waals surface area contributed by atoms with E-state index in [2.05, 4.69) is 43.8 Å². The van der Waals surface area contributed by atoms with Crippen LogP contribution in [0.15, 0.2) is 18.5 Å². The predicted octanol–water partition coefficient (Wildman–Crippen LogP) is 6.41. The molecule has 0 spiro atoms. The second-order valence-electron chi connectivity index (χ2n) is 6.98. The van der Waals surface area contributed by atoms with E-state index >= 15 is 0 Å². The molecule has 1 nitrogen and oxygen atoms in total. The van der Waals surface area contributed by atoms with Gasteiger partial charge in [0.1, 0.15) is 6.54 Å². The van der Waals surface area contributed by atoms with Gasteiger partial charge in [-0.2, -0.15) is 0 Å². The first-order valence-corrected chi connectivity index (χ1v) is 10.3. The number of nitrogens with zero attached hydrogens (tertiary/aromatic N) is 1. The van der Waals surface area contributed by atoms with Crippen molar-refractivity contribution in [1.82, 2.24) is 0 Å². The average Bonchev–Trinajstić information content (AvgIpc) is 2.59. The molecule has 0 aliphatic rings. The van der Waals surface area contributed by atoms with E-state index in [1.807, 2.05) is 0 Å². The minimum Gasteiger partial charge on any atom is -0.205 e. The van der Waals surface area contributed by atoms with Crippen molar-refractivity contribution < 1.29 is 4.57 Å². The van der Waals surface area contributed by atoms with E-state index in [0.717, 1.165) is 12.8 Å². The molecule has 0 N–H and O–H groups in total. The largest absolute Gasteiger partial charge is 0.205 e. The van der Waals surface area contributed by atoms with Crippen LogP contribution < -0.4 is 4.57 Å². The van der Waals surface area contributed by atoms with E-state index in [-0.39, 0.29) is 0 Å². The summed E-state index contributed by atoms with van der Waals surface area (Å²) < 4.78 is 2.39. The summed E-state index contributed by atoms with van der Waals surface area (Å²) in [6, 6.07) is 2.32. The van der Waals surface area contributed by atoms with Gasteiger partial charge in [0.05, 0.1) is 0 Å². The van der Waals surface area contributed by atoms with E-state index < -0.39 is 0 Å². The van der Waals surface area contributed by atoms with E-state index in [1.54, 1.807) is 0 Å². The molecule has 0 aromatic carbocycles. The van der Waals surface area contributed by atoms with Crippen LogP contribution >= 0.6 is 0 Å². The third kappa shape index (κ3) is 9.13. The number of aryl methyl sites for hydroxylation is 3. The smallest absolute Gasteiger partial charge is 0.172 e. The van der Waals surface area contributed by atoms with Crippen molar-refractivity contribution in [3.05, 3.63) is 29.6 Å². The van der Waals surface area contributed by atoms with Crippen molar-refractivity contribution in [2.24, 2.45) is 0 Å². The van der Waals surface area contributed by atoms with E-state index in [0.29, 0.717) is 0 Å². The van der Waals surface area contributed by atoms with Gasteiger partial charge in [-0.25, -0.2) is 4.57 Å². The second-order valence-corrected chi connectivity index (χ2v) is 6.98. The molecule has 1 aromatic heterocycles. The Balaban J connectivity index is 2.03. The normalized spacial score (nSPS) is 11.1. The maximum Gasteiger partial charge on any atom is 0.172 e. The van der Waals surface area contributed by atoms with Gasteiger partial charge >= 0.3 is 0 Å². The Bertz CT molecular complexity index is 397. The van der Waals surface area contributed by atoms with Crippen LogP contribution in [0.2, 0.25) is 0 Å². The van der Waals surface area contributed by atoms with Gasteiger partial charge in [0.25, 0.3) is 0 Å². The maximum atomic E-state index is 2.39. The van der Waals surface area contributed by atoms with Gasteiger partial charge in [-0.1, -0.05) is 78.6 Å². The molecule has 1 heteroatoms. The molecule has 0 radical (unpaired) electrons. The number of rotatable bonds is 14. The zero-order valence-electron chi connectivity index (χ0n) is 16.1. The quantitative estimate of drug-likeness (QED) is 0.275. The number of hydrogen-bond donors (Lipinski definition) is 0. The molecule has 0 saturated carbocycles. The van der Waals surface area contributed by atoms with Crippen LogP contribution in [0.3, 0.4) is 0 Å². The molecule has 0 aliphatic carbocycles. The molecule has 1 aromatic rings. The monoisotopic (exact) mass is 318 g/mol. The van der Waals surface area contributed by atoms with Crippen LogP contribution in [0.25, 0.3) is 0 Å². The minimum absolute atomic E-state index is 1.16. The zero-order valence-corrected chi connectivity index (χ0v) is 16.1. The highest BCUT2D eigenvalue weighted by Gasteiger charge is 2.06. The lowest BCUT2D eigenvalue weighted by atomic mass is 10.1. The van der Waals surface area contributed by atoms with Gasteiger partial charge in [0.15, 0.2) is 12.4 Å². The van der Waals surface area contributed by atoms with Crippen molar-refractivity contribution in [2.45, 2.75) is 111 Å². The maximum absolute atomic E-state index is 2.39. The second kappa shape index (κ2) is 13.6. The first-order valence-electron chi connectivity index (χ1n) is 10.3. The topological polar surface area (TPSA) is 3.88 Å².